The fourth-order valence-electron chi connectivity index (χ4n) is 2.44. The maximum Gasteiger partial charge on any atom is 0.276 e. The number of benzene rings is 1. The number of carbonyl (C=O) groups is 1. The monoisotopic (exact) mass is 309 g/mol. The first-order valence-corrected chi connectivity index (χ1v) is 7.54. The van der Waals surface area contributed by atoms with E-state index in [4.69, 9.17) is 0 Å². The smallest absolute Gasteiger partial charge is 0.276 e. The van der Waals surface area contributed by atoms with Crippen LogP contribution in [0, 0.1) is 13.8 Å². The maximum absolute atomic E-state index is 12.3. The van der Waals surface area contributed by atoms with Gasteiger partial charge in [-0.05, 0) is 44.5 Å². The van der Waals surface area contributed by atoms with Crippen molar-refractivity contribution < 1.29 is 4.79 Å². The zero-order valence-electron chi connectivity index (χ0n) is 13.4. The number of aromatic nitrogens is 4. The van der Waals surface area contributed by atoms with Gasteiger partial charge in [0.05, 0.1) is 18.3 Å². The van der Waals surface area contributed by atoms with Gasteiger partial charge in [-0.2, -0.15) is 0 Å². The molecule has 0 saturated heterocycles. The normalized spacial score (nSPS) is 10.7. The van der Waals surface area contributed by atoms with Gasteiger partial charge in [0, 0.05) is 22.8 Å². The number of H-pyrrole nitrogens is 1. The van der Waals surface area contributed by atoms with Crippen LogP contribution in [0.3, 0.4) is 0 Å². The summed E-state index contributed by atoms with van der Waals surface area (Å²) in [5.41, 5.74) is 5.13. The van der Waals surface area contributed by atoms with E-state index in [1.54, 1.807) is 12.7 Å². The highest BCUT2D eigenvalue weighted by atomic mass is 16.1. The molecule has 1 aromatic carbocycles. The number of hydrogen-bond acceptors (Lipinski definition) is 3. The molecule has 0 saturated carbocycles. The van der Waals surface area contributed by atoms with E-state index in [0.29, 0.717) is 5.69 Å². The first-order chi connectivity index (χ1) is 11.1. The molecule has 6 heteroatoms. The van der Waals surface area contributed by atoms with Crippen LogP contribution in [0.4, 0.5) is 5.69 Å². The third-order valence-corrected chi connectivity index (χ3v) is 3.94. The summed E-state index contributed by atoms with van der Waals surface area (Å²) in [5.74, 6) is -0.203. The second-order valence-corrected chi connectivity index (χ2v) is 5.37. The van der Waals surface area contributed by atoms with Crippen LogP contribution in [0.2, 0.25) is 0 Å². The van der Waals surface area contributed by atoms with Crippen molar-refractivity contribution in [2.24, 2.45) is 0 Å². The van der Waals surface area contributed by atoms with E-state index in [-0.39, 0.29) is 5.91 Å². The second-order valence-electron chi connectivity index (χ2n) is 5.37. The second kappa shape index (κ2) is 6.08. The highest BCUT2D eigenvalue weighted by Crippen LogP contribution is 2.17. The van der Waals surface area contributed by atoms with Gasteiger partial charge in [-0.15, -0.1) is 0 Å². The molecule has 23 heavy (non-hydrogen) atoms. The van der Waals surface area contributed by atoms with Gasteiger partial charge in [-0.1, -0.05) is 6.92 Å². The Morgan fingerprint density at radius 2 is 1.96 bits per heavy atom. The summed E-state index contributed by atoms with van der Waals surface area (Å²) in [6.45, 7) is 5.99. The fourth-order valence-corrected chi connectivity index (χ4v) is 2.44. The molecule has 0 aliphatic heterocycles. The summed E-state index contributed by atoms with van der Waals surface area (Å²) in [4.78, 5) is 23.6. The molecule has 3 rings (SSSR count). The number of carbonyl (C=O) groups excluding carboxylic acids is 1. The molecule has 2 aromatic heterocycles. The molecule has 0 unspecified atom stereocenters. The van der Waals surface area contributed by atoms with Crippen LogP contribution in [-0.2, 0) is 6.42 Å². The molecule has 6 nitrogen and oxygen atoms in total. The highest BCUT2D eigenvalue weighted by Gasteiger charge is 2.13. The number of aromatic amines is 1. The molecule has 0 spiro atoms. The van der Waals surface area contributed by atoms with Gasteiger partial charge in [0.1, 0.15) is 5.69 Å². The van der Waals surface area contributed by atoms with Gasteiger partial charge < -0.3 is 14.9 Å². The SMILES string of the molecule is CCc1[nH]cnc1C(=O)Nc1ccc(-n2cnc(C)c2C)cc1. The molecule has 0 aliphatic rings. The summed E-state index contributed by atoms with van der Waals surface area (Å²) in [5, 5.41) is 2.87. The van der Waals surface area contributed by atoms with E-state index >= 15 is 0 Å². The summed E-state index contributed by atoms with van der Waals surface area (Å²) in [7, 11) is 0. The summed E-state index contributed by atoms with van der Waals surface area (Å²) in [6, 6.07) is 7.66. The van der Waals surface area contributed by atoms with Gasteiger partial charge >= 0.3 is 0 Å². The van der Waals surface area contributed by atoms with Crippen LogP contribution in [0.15, 0.2) is 36.9 Å². The zero-order valence-corrected chi connectivity index (χ0v) is 13.4. The fraction of sp³-hybridized carbons (Fsp3) is 0.235. The Bertz CT molecular complexity index is 829. The Hall–Kier alpha value is -2.89. The molecule has 3 aromatic rings. The first kappa shape index (κ1) is 15.0. The minimum atomic E-state index is -0.203. The Balaban J connectivity index is 1.78. The van der Waals surface area contributed by atoms with Gasteiger partial charge in [-0.3, -0.25) is 4.79 Å². The van der Waals surface area contributed by atoms with Crippen molar-refractivity contribution in [1.82, 2.24) is 19.5 Å². The van der Waals surface area contributed by atoms with E-state index in [0.717, 1.165) is 34.9 Å². The lowest BCUT2D eigenvalue weighted by molar-refractivity contribution is 0.102. The lowest BCUT2D eigenvalue weighted by Crippen LogP contribution is -2.14. The molecular formula is C17H19N5O. The van der Waals surface area contributed by atoms with E-state index in [1.165, 1.54) is 0 Å². The Morgan fingerprint density at radius 3 is 2.57 bits per heavy atom. The molecule has 0 radical (unpaired) electrons. The average Bonchev–Trinajstić information content (AvgIpc) is 3.16. The molecule has 2 N–H and O–H groups in total. The standard InChI is InChI=1S/C17H19N5O/c1-4-15-16(19-9-18-15)17(23)21-13-5-7-14(8-6-13)22-10-20-11(2)12(22)3/h5-10H,4H2,1-3H3,(H,18,19)(H,21,23). The number of nitrogens with one attached hydrogen (secondary N) is 2. The number of imidazole rings is 2. The molecule has 0 aliphatic carbocycles. The summed E-state index contributed by atoms with van der Waals surface area (Å²) < 4.78 is 2.02. The topological polar surface area (TPSA) is 75.6 Å². The third kappa shape index (κ3) is 2.88. The first-order valence-electron chi connectivity index (χ1n) is 7.54. The van der Waals surface area contributed by atoms with E-state index < -0.39 is 0 Å². The third-order valence-electron chi connectivity index (χ3n) is 3.94. The van der Waals surface area contributed by atoms with Crippen LogP contribution < -0.4 is 5.32 Å². The molecule has 0 atom stereocenters. The molecular weight excluding hydrogens is 290 g/mol. The van der Waals surface area contributed by atoms with Gasteiger partial charge in [0.2, 0.25) is 0 Å². The molecule has 1 amide bonds. The largest absolute Gasteiger partial charge is 0.348 e. The van der Waals surface area contributed by atoms with Gasteiger partial charge in [0.25, 0.3) is 5.91 Å². The number of rotatable bonds is 4. The van der Waals surface area contributed by atoms with Gasteiger partial charge in [0.15, 0.2) is 0 Å². The van der Waals surface area contributed by atoms with E-state index in [1.807, 2.05) is 49.6 Å². The number of nitrogens with zero attached hydrogens (tertiary/aromatic N) is 3. The van der Waals surface area contributed by atoms with Crippen molar-refractivity contribution in [3.05, 3.63) is 59.7 Å². The van der Waals surface area contributed by atoms with Crippen LogP contribution >= 0.6 is 0 Å². The Kier molecular flexibility index (Phi) is 3.97. The lowest BCUT2D eigenvalue weighted by atomic mass is 10.2. The number of aryl methyl sites for hydroxylation is 2. The summed E-state index contributed by atoms with van der Waals surface area (Å²) in [6.07, 6.45) is 4.08. The van der Waals surface area contributed by atoms with Crippen molar-refractivity contribution in [3.8, 4) is 5.69 Å². The van der Waals surface area contributed by atoms with Crippen molar-refractivity contribution in [1.29, 1.82) is 0 Å². The molecule has 2 heterocycles. The zero-order chi connectivity index (χ0) is 16.4. The number of hydrogen-bond donors (Lipinski definition) is 2. The molecule has 118 valence electrons. The maximum atomic E-state index is 12.3. The van der Waals surface area contributed by atoms with E-state index in [9.17, 15) is 4.79 Å². The number of anilines is 1. The Labute approximate surface area is 134 Å². The molecule has 0 bridgehead atoms. The highest BCUT2D eigenvalue weighted by molar-refractivity contribution is 6.03. The van der Waals surface area contributed by atoms with Crippen molar-refractivity contribution in [3.63, 3.8) is 0 Å². The number of amides is 1. The minimum absolute atomic E-state index is 0.203. The lowest BCUT2D eigenvalue weighted by Gasteiger charge is -2.08. The molecule has 0 fully saturated rings. The Morgan fingerprint density at radius 1 is 1.22 bits per heavy atom. The van der Waals surface area contributed by atoms with E-state index in [2.05, 4.69) is 20.3 Å². The van der Waals surface area contributed by atoms with Crippen LogP contribution in [0.5, 0.6) is 0 Å². The average molecular weight is 309 g/mol. The predicted molar refractivity (Wildman–Crippen MR) is 89.0 cm³/mol. The predicted octanol–water partition coefficient (Wildman–Crippen LogP) is 3.03. The quantitative estimate of drug-likeness (QED) is 0.778. The van der Waals surface area contributed by atoms with Crippen molar-refractivity contribution in [2.75, 3.05) is 5.32 Å². The van der Waals surface area contributed by atoms with Crippen LogP contribution in [0.1, 0.15) is 34.5 Å². The van der Waals surface area contributed by atoms with Crippen molar-refractivity contribution in [2.45, 2.75) is 27.2 Å². The van der Waals surface area contributed by atoms with Gasteiger partial charge in [-0.25, -0.2) is 9.97 Å². The summed E-state index contributed by atoms with van der Waals surface area (Å²) >= 11 is 0. The minimum Gasteiger partial charge on any atom is -0.348 e. The van der Waals surface area contributed by atoms with Crippen LogP contribution in [0.25, 0.3) is 5.69 Å². The van der Waals surface area contributed by atoms with Crippen LogP contribution in [-0.4, -0.2) is 25.4 Å². The van der Waals surface area contributed by atoms with Crippen molar-refractivity contribution >= 4 is 11.6 Å².